The summed E-state index contributed by atoms with van der Waals surface area (Å²) in [5, 5.41) is 5.55. The van der Waals surface area contributed by atoms with Crippen LogP contribution in [-0.4, -0.2) is 30.0 Å². The second-order valence-corrected chi connectivity index (χ2v) is 7.36. The molecule has 0 saturated heterocycles. The molecule has 0 aliphatic heterocycles. The number of nitrogens with two attached hydrogens (primary N) is 1. The topological polar surface area (TPSA) is 132 Å². The minimum atomic E-state index is -0.730. The van der Waals surface area contributed by atoms with Crippen LogP contribution in [0, 0.1) is 12.7 Å². The zero-order chi connectivity index (χ0) is 23.4. The summed E-state index contributed by atoms with van der Waals surface area (Å²) in [6, 6.07) is 8.86. The van der Waals surface area contributed by atoms with E-state index in [9.17, 15) is 23.6 Å². The Balaban J connectivity index is 1.79. The lowest BCUT2D eigenvalue weighted by atomic mass is 10.0. The second-order valence-electron chi connectivity index (χ2n) is 7.36. The maximum absolute atomic E-state index is 14.3. The number of benzene rings is 2. The summed E-state index contributed by atoms with van der Waals surface area (Å²) in [6.07, 6.45) is -0.257. The number of Topliss-reactive ketones (excluding diaryl/α,β-unsaturated/α-hetero) is 1. The molecule has 0 fully saturated rings. The van der Waals surface area contributed by atoms with Gasteiger partial charge < -0.3 is 20.8 Å². The number of anilines is 1. The summed E-state index contributed by atoms with van der Waals surface area (Å²) in [5.41, 5.74) is 6.76. The monoisotopic (exact) mass is 439 g/mol. The summed E-state index contributed by atoms with van der Waals surface area (Å²) < 4.78 is 19.9. The SMILES string of the molecule is CC(=O)c1oc2cc(C)ccc2c1CC(=O)Nc1cc(C(=O)NCCC(N)=O)ccc1F. The van der Waals surface area contributed by atoms with Gasteiger partial charge in [-0.1, -0.05) is 12.1 Å². The molecule has 9 heteroatoms. The van der Waals surface area contributed by atoms with Gasteiger partial charge in [0, 0.05) is 36.4 Å². The highest BCUT2D eigenvalue weighted by molar-refractivity contribution is 6.03. The molecule has 166 valence electrons. The van der Waals surface area contributed by atoms with Crippen molar-refractivity contribution in [1.29, 1.82) is 0 Å². The Hall–Kier alpha value is -4.01. The summed E-state index contributed by atoms with van der Waals surface area (Å²) in [6.45, 7) is 3.25. The van der Waals surface area contributed by atoms with Crippen molar-refractivity contribution >= 4 is 40.2 Å². The number of fused-ring (bicyclic) bond motifs is 1. The lowest BCUT2D eigenvalue weighted by Crippen LogP contribution is -2.28. The van der Waals surface area contributed by atoms with Gasteiger partial charge in [-0.25, -0.2) is 4.39 Å². The van der Waals surface area contributed by atoms with Gasteiger partial charge >= 0.3 is 0 Å². The van der Waals surface area contributed by atoms with Gasteiger partial charge in [-0.3, -0.25) is 19.2 Å². The highest BCUT2D eigenvalue weighted by Gasteiger charge is 2.21. The largest absolute Gasteiger partial charge is 0.453 e. The quantitative estimate of drug-likeness (QED) is 0.465. The molecule has 0 saturated carbocycles. The van der Waals surface area contributed by atoms with Crippen LogP contribution in [0.1, 0.15) is 45.4 Å². The Labute approximate surface area is 183 Å². The third-order valence-electron chi connectivity index (χ3n) is 4.77. The number of ketones is 1. The molecule has 8 nitrogen and oxygen atoms in total. The molecule has 2 aromatic carbocycles. The number of halogens is 1. The number of primary amides is 1. The smallest absolute Gasteiger partial charge is 0.251 e. The first-order valence-corrected chi connectivity index (χ1v) is 9.84. The molecule has 0 spiro atoms. The van der Waals surface area contributed by atoms with Crippen molar-refractivity contribution in [2.45, 2.75) is 26.7 Å². The first kappa shape index (κ1) is 22.7. The van der Waals surface area contributed by atoms with E-state index in [1.165, 1.54) is 19.1 Å². The Morgan fingerprint density at radius 3 is 2.53 bits per heavy atom. The van der Waals surface area contributed by atoms with E-state index >= 15 is 0 Å². The molecule has 0 radical (unpaired) electrons. The van der Waals surface area contributed by atoms with Crippen LogP contribution >= 0.6 is 0 Å². The zero-order valence-corrected chi connectivity index (χ0v) is 17.6. The van der Waals surface area contributed by atoms with Gasteiger partial charge in [0.2, 0.25) is 11.8 Å². The molecule has 3 amide bonds. The molecule has 0 atom stereocenters. The molecule has 0 bridgehead atoms. The molecule has 0 aliphatic carbocycles. The van der Waals surface area contributed by atoms with Gasteiger partial charge in [-0.2, -0.15) is 0 Å². The number of amides is 3. The van der Waals surface area contributed by atoms with Crippen molar-refractivity contribution in [2.75, 3.05) is 11.9 Å². The Kier molecular flexibility index (Phi) is 6.67. The van der Waals surface area contributed by atoms with E-state index in [1.807, 2.05) is 13.0 Å². The highest BCUT2D eigenvalue weighted by atomic mass is 19.1. The third-order valence-corrected chi connectivity index (χ3v) is 4.77. The molecule has 1 heterocycles. The van der Waals surface area contributed by atoms with E-state index in [0.29, 0.717) is 16.5 Å². The van der Waals surface area contributed by atoms with Crippen LogP contribution in [-0.2, 0) is 16.0 Å². The number of carbonyl (C=O) groups is 4. The minimum Gasteiger partial charge on any atom is -0.453 e. The molecule has 0 aliphatic rings. The lowest BCUT2D eigenvalue weighted by Gasteiger charge is -2.09. The Morgan fingerprint density at radius 2 is 1.84 bits per heavy atom. The number of rotatable bonds is 8. The maximum atomic E-state index is 14.3. The average Bonchev–Trinajstić information content (AvgIpc) is 3.06. The Bertz CT molecular complexity index is 1230. The highest BCUT2D eigenvalue weighted by Crippen LogP contribution is 2.28. The van der Waals surface area contributed by atoms with E-state index < -0.39 is 23.5 Å². The predicted octanol–water partition coefficient (Wildman–Crippen LogP) is 2.87. The fraction of sp³-hybridized carbons (Fsp3) is 0.217. The first-order chi connectivity index (χ1) is 15.2. The van der Waals surface area contributed by atoms with Crippen LogP contribution in [0.3, 0.4) is 0 Å². The fourth-order valence-electron chi connectivity index (χ4n) is 3.24. The van der Waals surface area contributed by atoms with Crippen molar-refractivity contribution in [3.8, 4) is 0 Å². The standard InChI is InChI=1S/C23H22FN3O5/c1-12-3-5-15-16(22(13(2)28)32-19(15)9-12)11-21(30)27-18-10-14(4-6-17(18)24)23(31)26-8-7-20(25)29/h3-6,9-10H,7-8,11H2,1-2H3,(H2,25,29)(H,26,31)(H,27,30). The van der Waals surface area contributed by atoms with E-state index in [0.717, 1.165) is 11.6 Å². The number of furan rings is 1. The number of hydrogen-bond acceptors (Lipinski definition) is 5. The van der Waals surface area contributed by atoms with Crippen LogP contribution in [0.5, 0.6) is 0 Å². The van der Waals surface area contributed by atoms with E-state index in [1.54, 1.807) is 12.1 Å². The molecule has 32 heavy (non-hydrogen) atoms. The molecule has 1 aromatic heterocycles. The molecular weight excluding hydrogens is 417 g/mol. The van der Waals surface area contributed by atoms with E-state index in [-0.39, 0.29) is 42.2 Å². The van der Waals surface area contributed by atoms with Crippen molar-refractivity contribution in [1.82, 2.24) is 5.32 Å². The Morgan fingerprint density at radius 1 is 1.09 bits per heavy atom. The van der Waals surface area contributed by atoms with Crippen LogP contribution < -0.4 is 16.4 Å². The maximum Gasteiger partial charge on any atom is 0.251 e. The van der Waals surface area contributed by atoms with Gasteiger partial charge in [0.1, 0.15) is 11.4 Å². The van der Waals surface area contributed by atoms with Crippen molar-refractivity contribution in [2.24, 2.45) is 5.73 Å². The first-order valence-electron chi connectivity index (χ1n) is 9.84. The normalized spacial score (nSPS) is 10.7. The molecule has 4 N–H and O–H groups in total. The summed E-state index contributed by atoms with van der Waals surface area (Å²) in [7, 11) is 0. The van der Waals surface area contributed by atoms with Gasteiger partial charge in [0.25, 0.3) is 5.91 Å². The van der Waals surface area contributed by atoms with Gasteiger partial charge in [0.05, 0.1) is 12.1 Å². The van der Waals surface area contributed by atoms with Crippen LogP contribution in [0.25, 0.3) is 11.0 Å². The second kappa shape index (κ2) is 9.42. The van der Waals surface area contributed by atoms with Crippen LogP contribution in [0.2, 0.25) is 0 Å². The molecule has 0 unspecified atom stereocenters. The number of aryl methyl sites for hydroxylation is 1. The fourth-order valence-corrected chi connectivity index (χ4v) is 3.24. The number of nitrogens with one attached hydrogen (secondary N) is 2. The van der Waals surface area contributed by atoms with E-state index in [4.69, 9.17) is 10.2 Å². The predicted molar refractivity (Wildman–Crippen MR) is 116 cm³/mol. The van der Waals surface area contributed by atoms with Gasteiger partial charge in [-0.15, -0.1) is 0 Å². The minimum absolute atomic E-state index is 0.0345. The zero-order valence-electron chi connectivity index (χ0n) is 17.6. The third kappa shape index (κ3) is 5.18. The molecular formula is C23H22FN3O5. The number of hydrogen-bond donors (Lipinski definition) is 3. The van der Waals surface area contributed by atoms with Crippen molar-refractivity contribution in [3.63, 3.8) is 0 Å². The van der Waals surface area contributed by atoms with Crippen LogP contribution in [0.15, 0.2) is 40.8 Å². The number of carbonyl (C=O) groups excluding carboxylic acids is 4. The van der Waals surface area contributed by atoms with Crippen molar-refractivity contribution < 1.29 is 28.0 Å². The van der Waals surface area contributed by atoms with Crippen molar-refractivity contribution in [3.05, 3.63) is 64.7 Å². The summed E-state index contributed by atoms with van der Waals surface area (Å²) in [5.74, 6) is -2.68. The average molecular weight is 439 g/mol. The summed E-state index contributed by atoms with van der Waals surface area (Å²) in [4.78, 5) is 47.6. The molecule has 3 rings (SSSR count). The van der Waals surface area contributed by atoms with Gasteiger partial charge in [-0.05, 0) is 36.8 Å². The lowest BCUT2D eigenvalue weighted by molar-refractivity contribution is -0.118. The summed E-state index contributed by atoms with van der Waals surface area (Å²) >= 11 is 0. The van der Waals surface area contributed by atoms with Gasteiger partial charge in [0.15, 0.2) is 11.5 Å². The van der Waals surface area contributed by atoms with E-state index in [2.05, 4.69) is 10.6 Å². The molecule has 3 aromatic rings. The van der Waals surface area contributed by atoms with Crippen LogP contribution in [0.4, 0.5) is 10.1 Å².